The molecule has 0 atom stereocenters. The van der Waals surface area contributed by atoms with Gasteiger partial charge in [-0.1, -0.05) is 20.8 Å². The van der Waals surface area contributed by atoms with E-state index in [1.807, 2.05) is 20.8 Å². The highest BCUT2D eigenvalue weighted by Gasteiger charge is 2.32. The third kappa shape index (κ3) is 4.26. The Morgan fingerprint density at radius 2 is 1.79 bits per heavy atom. The third-order valence-electron chi connectivity index (χ3n) is 2.52. The van der Waals surface area contributed by atoms with Gasteiger partial charge in [-0.2, -0.15) is 13.2 Å². The van der Waals surface area contributed by atoms with E-state index in [4.69, 9.17) is 4.74 Å². The number of hydrogen-bond donors (Lipinski definition) is 0. The first-order chi connectivity index (χ1) is 8.54. The van der Waals surface area contributed by atoms with Gasteiger partial charge >= 0.3 is 6.18 Å². The summed E-state index contributed by atoms with van der Waals surface area (Å²) in [6.45, 7) is 5.56. The lowest BCUT2D eigenvalue weighted by Gasteiger charge is -2.18. The fourth-order valence-corrected chi connectivity index (χ4v) is 1.68. The molecule has 19 heavy (non-hydrogen) atoms. The lowest BCUT2D eigenvalue weighted by Crippen LogP contribution is -2.15. The molecule has 2 nitrogen and oxygen atoms in total. The molecule has 0 aliphatic rings. The second-order valence-electron chi connectivity index (χ2n) is 5.57. The molecule has 0 saturated carbocycles. The molecule has 0 radical (unpaired) electrons. The van der Waals surface area contributed by atoms with Crippen LogP contribution in [-0.2, 0) is 6.18 Å². The Kier molecular flexibility index (Phi) is 4.28. The van der Waals surface area contributed by atoms with Gasteiger partial charge < -0.3 is 4.74 Å². The number of rotatable bonds is 3. The quantitative estimate of drug-likeness (QED) is 0.767. The molecule has 0 amide bonds. The molecule has 0 fully saturated rings. The number of Topliss-reactive ketones (excluding diaryl/α,β-unsaturated/α-hetero) is 1. The Hall–Kier alpha value is -1.52. The summed E-state index contributed by atoms with van der Waals surface area (Å²) in [6.07, 6.45) is -4.31. The Balaban J connectivity index is 3.20. The Morgan fingerprint density at radius 3 is 2.21 bits per heavy atom. The molecule has 5 heteroatoms. The lowest BCUT2D eigenvalue weighted by atomic mass is 9.87. The van der Waals surface area contributed by atoms with E-state index in [1.54, 1.807) is 0 Å². The molecule has 0 spiro atoms. The van der Waals surface area contributed by atoms with Gasteiger partial charge in [0.05, 0.1) is 18.2 Å². The summed E-state index contributed by atoms with van der Waals surface area (Å²) < 4.78 is 42.9. The van der Waals surface area contributed by atoms with Crippen molar-refractivity contribution in [3.05, 3.63) is 29.3 Å². The normalized spacial score (nSPS) is 12.4. The highest BCUT2D eigenvalue weighted by atomic mass is 19.4. The van der Waals surface area contributed by atoms with Crippen LogP contribution in [0.2, 0.25) is 0 Å². The van der Waals surface area contributed by atoms with Gasteiger partial charge in [0.15, 0.2) is 5.78 Å². The van der Waals surface area contributed by atoms with E-state index in [9.17, 15) is 18.0 Å². The van der Waals surface area contributed by atoms with Gasteiger partial charge in [-0.3, -0.25) is 4.79 Å². The number of hydrogen-bond acceptors (Lipinski definition) is 2. The SMILES string of the molecule is COc1ccc(C(F)(F)F)cc1C(=O)CC(C)(C)C. The van der Waals surface area contributed by atoms with E-state index in [0.717, 1.165) is 12.1 Å². The minimum Gasteiger partial charge on any atom is -0.496 e. The fraction of sp³-hybridized carbons (Fsp3) is 0.500. The van der Waals surface area contributed by atoms with Gasteiger partial charge in [-0.05, 0) is 23.6 Å². The maximum absolute atomic E-state index is 12.7. The molecule has 0 bridgehead atoms. The largest absolute Gasteiger partial charge is 0.496 e. The van der Waals surface area contributed by atoms with Gasteiger partial charge in [0, 0.05) is 6.42 Å². The zero-order chi connectivity index (χ0) is 14.8. The Bertz CT molecular complexity index is 471. The van der Waals surface area contributed by atoms with E-state index < -0.39 is 11.7 Å². The molecule has 1 aromatic carbocycles. The van der Waals surface area contributed by atoms with Crippen molar-refractivity contribution in [2.45, 2.75) is 33.4 Å². The van der Waals surface area contributed by atoms with Crippen LogP contribution in [0.3, 0.4) is 0 Å². The highest BCUT2D eigenvalue weighted by molar-refractivity contribution is 5.99. The van der Waals surface area contributed by atoms with Crippen LogP contribution < -0.4 is 4.74 Å². The van der Waals surface area contributed by atoms with Gasteiger partial charge in [-0.15, -0.1) is 0 Å². The van der Waals surface area contributed by atoms with Gasteiger partial charge in [-0.25, -0.2) is 0 Å². The van der Waals surface area contributed by atoms with Gasteiger partial charge in [0.1, 0.15) is 5.75 Å². The lowest BCUT2D eigenvalue weighted by molar-refractivity contribution is -0.137. The number of halogens is 3. The van der Waals surface area contributed by atoms with Crippen LogP contribution in [0, 0.1) is 5.41 Å². The smallest absolute Gasteiger partial charge is 0.416 e. The van der Waals surface area contributed by atoms with E-state index in [0.29, 0.717) is 0 Å². The maximum atomic E-state index is 12.7. The average Bonchev–Trinajstić information content (AvgIpc) is 2.24. The number of carbonyl (C=O) groups is 1. The Morgan fingerprint density at radius 1 is 1.21 bits per heavy atom. The van der Waals surface area contributed by atoms with Gasteiger partial charge in [0.2, 0.25) is 0 Å². The van der Waals surface area contributed by atoms with Crippen LogP contribution in [0.15, 0.2) is 18.2 Å². The molecule has 106 valence electrons. The number of alkyl halides is 3. The summed E-state index contributed by atoms with van der Waals surface area (Å²) in [5, 5.41) is 0. The number of benzene rings is 1. The van der Waals surface area contributed by atoms with Crippen molar-refractivity contribution in [1.29, 1.82) is 0 Å². The standard InChI is InChI=1S/C14H17F3O2/c1-13(2,3)8-11(18)10-7-9(14(15,16)17)5-6-12(10)19-4/h5-7H,8H2,1-4H3. The molecule has 0 heterocycles. The van der Waals surface area contributed by atoms with Crippen molar-refractivity contribution < 1.29 is 22.7 Å². The molecule has 0 saturated heterocycles. The van der Waals surface area contributed by atoms with E-state index >= 15 is 0 Å². The molecule has 0 aromatic heterocycles. The highest BCUT2D eigenvalue weighted by Crippen LogP contribution is 2.34. The number of ether oxygens (including phenoxy) is 1. The number of carbonyl (C=O) groups excluding carboxylic acids is 1. The summed E-state index contributed by atoms with van der Waals surface area (Å²) >= 11 is 0. The van der Waals surface area contributed by atoms with Gasteiger partial charge in [0.25, 0.3) is 0 Å². The summed E-state index contributed by atoms with van der Waals surface area (Å²) in [7, 11) is 1.33. The predicted octanol–water partition coefficient (Wildman–Crippen LogP) is 4.33. The third-order valence-corrected chi connectivity index (χ3v) is 2.52. The topological polar surface area (TPSA) is 26.3 Å². The van der Waals surface area contributed by atoms with E-state index in [-0.39, 0.29) is 28.9 Å². The van der Waals surface area contributed by atoms with Crippen LogP contribution in [0.5, 0.6) is 5.75 Å². The van der Waals surface area contributed by atoms with Crippen LogP contribution in [0.1, 0.15) is 43.1 Å². The molecule has 0 N–H and O–H groups in total. The van der Waals surface area contributed by atoms with Crippen molar-refractivity contribution in [3.8, 4) is 5.75 Å². The predicted molar refractivity (Wildman–Crippen MR) is 66.4 cm³/mol. The molecule has 0 aliphatic carbocycles. The summed E-state index contributed by atoms with van der Waals surface area (Å²) in [4.78, 5) is 12.1. The first kappa shape index (κ1) is 15.5. The van der Waals surface area contributed by atoms with Crippen molar-refractivity contribution in [2.24, 2.45) is 5.41 Å². The zero-order valence-corrected chi connectivity index (χ0v) is 11.4. The molecular weight excluding hydrogens is 257 g/mol. The number of methoxy groups -OCH3 is 1. The van der Waals surface area contributed by atoms with E-state index in [2.05, 4.69) is 0 Å². The number of ketones is 1. The summed E-state index contributed by atoms with van der Waals surface area (Å²) in [5.41, 5.74) is -1.16. The fourth-order valence-electron chi connectivity index (χ4n) is 1.68. The molecule has 1 aromatic rings. The summed E-state index contributed by atoms with van der Waals surface area (Å²) in [6, 6.07) is 2.94. The van der Waals surface area contributed by atoms with Crippen LogP contribution in [0.4, 0.5) is 13.2 Å². The second kappa shape index (κ2) is 5.23. The van der Waals surface area contributed by atoms with Crippen molar-refractivity contribution in [1.82, 2.24) is 0 Å². The second-order valence-corrected chi connectivity index (χ2v) is 5.57. The molecule has 0 unspecified atom stereocenters. The first-order valence-corrected chi connectivity index (χ1v) is 5.83. The van der Waals surface area contributed by atoms with Crippen LogP contribution in [-0.4, -0.2) is 12.9 Å². The zero-order valence-electron chi connectivity index (χ0n) is 11.4. The van der Waals surface area contributed by atoms with Crippen molar-refractivity contribution in [2.75, 3.05) is 7.11 Å². The molecule has 0 aliphatic heterocycles. The van der Waals surface area contributed by atoms with Crippen molar-refractivity contribution in [3.63, 3.8) is 0 Å². The monoisotopic (exact) mass is 274 g/mol. The Labute approximate surface area is 110 Å². The minimum atomic E-state index is -4.47. The maximum Gasteiger partial charge on any atom is 0.416 e. The van der Waals surface area contributed by atoms with Crippen LogP contribution in [0.25, 0.3) is 0 Å². The average molecular weight is 274 g/mol. The first-order valence-electron chi connectivity index (χ1n) is 5.83. The van der Waals surface area contributed by atoms with Crippen molar-refractivity contribution >= 4 is 5.78 Å². The van der Waals surface area contributed by atoms with E-state index in [1.165, 1.54) is 13.2 Å². The minimum absolute atomic E-state index is 0.0211. The molecule has 1 rings (SSSR count). The van der Waals surface area contributed by atoms with Crippen LogP contribution >= 0.6 is 0 Å². The summed E-state index contributed by atoms with van der Waals surface area (Å²) in [5.74, 6) is -0.183. The molecular formula is C14H17F3O2.